The summed E-state index contributed by atoms with van der Waals surface area (Å²) in [7, 11) is 0. The maximum atomic E-state index is 13.9. The number of amides is 2. The smallest absolute Gasteiger partial charge is 0.278 e. The van der Waals surface area contributed by atoms with Gasteiger partial charge in [-0.25, -0.2) is 8.78 Å². The number of nitrogens with zero attached hydrogens (tertiary/aromatic N) is 3. The van der Waals surface area contributed by atoms with E-state index in [2.05, 4.69) is 5.32 Å². The third kappa shape index (κ3) is 4.60. The number of aromatic nitrogens is 1. The molecule has 4 rings (SSSR count). The summed E-state index contributed by atoms with van der Waals surface area (Å²) in [6.07, 6.45) is 3.32. The molecule has 0 bridgehead atoms. The van der Waals surface area contributed by atoms with Crippen molar-refractivity contribution in [1.82, 2.24) is 14.9 Å². The second-order valence-corrected chi connectivity index (χ2v) is 8.69. The average Bonchev–Trinajstić information content (AvgIpc) is 2.83. The number of ether oxygens (including phenoxy) is 1. The van der Waals surface area contributed by atoms with Crippen molar-refractivity contribution in [2.45, 2.75) is 51.9 Å². The second kappa shape index (κ2) is 10.0. The Morgan fingerprint density at radius 2 is 2.06 bits per heavy atom. The third-order valence-corrected chi connectivity index (χ3v) is 6.38. The minimum absolute atomic E-state index is 0.0345. The number of hydrogen-bond acceptors (Lipinski definition) is 6. The Balaban J connectivity index is 1.68. The topological polar surface area (TPSA) is 104 Å². The van der Waals surface area contributed by atoms with E-state index in [-0.39, 0.29) is 35.6 Å². The first-order valence-corrected chi connectivity index (χ1v) is 11.6. The fourth-order valence-electron chi connectivity index (χ4n) is 4.64. The predicted octanol–water partition coefficient (Wildman–Crippen LogP) is 2.09. The molecule has 2 N–H and O–H groups in total. The van der Waals surface area contributed by atoms with E-state index in [1.165, 1.54) is 16.9 Å². The van der Waals surface area contributed by atoms with Gasteiger partial charge in [-0.05, 0) is 39.2 Å². The van der Waals surface area contributed by atoms with Crippen LogP contribution in [0.15, 0.2) is 29.2 Å². The molecule has 11 heteroatoms. The van der Waals surface area contributed by atoms with Crippen molar-refractivity contribution in [2.75, 3.05) is 24.8 Å². The van der Waals surface area contributed by atoms with Crippen LogP contribution in [0.5, 0.6) is 5.75 Å². The number of carbonyl (C=O) groups excluding carboxylic acids is 2. The van der Waals surface area contributed by atoms with Crippen LogP contribution in [0, 0.1) is 11.6 Å². The molecule has 0 aliphatic carbocycles. The van der Waals surface area contributed by atoms with Crippen molar-refractivity contribution in [1.29, 1.82) is 0 Å². The van der Waals surface area contributed by atoms with Crippen molar-refractivity contribution in [3.8, 4) is 5.75 Å². The molecular formula is C24H28F2N4O5. The van der Waals surface area contributed by atoms with E-state index >= 15 is 0 Å². The molecule has 35 heavy (non-hydrogen) atoms. The highest BCUT2D eigenvalue weighted by atomic mass is 19.1. The van der Waals surface area contributed by atoms with Gasteiger partial charge < -0.3 is 20.1 Å². The van der Waals surface area contributed by atoms with E-state index in [0.717, 1.165) is 18.9 Å². The van der Waals surface area contributed by atoms with E-state index in [4.69, 9.17) is 4.74 Å². The summed E-state index contributed by atoms with van der Waals surface area (Å²) in [5, 5.41) is 15.0. The first-order valence-electron chi connectivity index (χ1n) is 11.6. The zero-order chi connectivity index (χ0) is 25.3. The van der Waals surface area contributed by atoms with Gasteiger partial charge in [-0.3, -0.25) is 24.1 Å². The fourth-order valence-corrected chi connectivity index (χ4v) is 4.64. The van der Waals surface area contributed by atoms with Gasteiger partial charge in [0.05, 0.1) is 12.6 Å². The first-order chi connectivity index (χ1) is 16.7. The van der Waals surface area contributed by atoms with Gasteiger partial charge in [-0.15, -0.1) is 0 Å². The van der Waals surface area contributed by atoms with E-state index in [1.807, 2.05) is 18.9 Å². The van der Waals surface area contributed by atoms with Gasteiger partial charge in [0.15, 0.2) is 11.4 Å². The number of carbonyl (C=O) groups is 2. The van der Waals surface area contributed by atoms with Crippen molar-refractivity contribution in [2.24, 2.45) is 0 Å². The van der Waals surface area contributed by atoms with Crippen LogP contribution in [0.3, 0.4) is 0 Å². The summed E-state index contributed by atoms with van der Waals surface area (Å²) in [4.78, 5) is 40.8. The third-order valence-electron chi connectivity index (χ3n) is 6.38. The summed E-state index contributed by atoms with van der Waals surface area (Å²) in [5.74, 6) is -3.78. The highest BCUT2D eigenvalue weighted by molar-refractivity contribution is 5.99. The SMILES string of the molecule is CCOC[C@@H](C)N1C(=O)c2c(O)c(=O)c(C(=O)NCc3ccc(F)cc3F)cn2N2CCCC[C@@H]12. The Kier molecular flexibility index (Phi) is 7.06. The molecule has 1 aromatic heterocycles. The van der Waals surface area contributed by atoms with Gasteiger partial charge in [0.2, 0.25) is 5.43 Å². The number of hydrogen-bond donors (Lipinski definition) is 2. The molecule has 3 heterocycles. The molecule has 2 atom stereocenters. The van der Waals surface area contributed by atoms with Gasteiger partial charge in [-0.1, -0.05) is 6.07 Å². The monoisotopic (exact) mass is 490 g/mol. The van der Waals surface area contributed by atoms with Crippen molar-refractivity contribution >= 4 is 11.8 Å². The normalized spacial score (nSPS) is 18.2. The van der Waals surface area contributed by atoms with Crippen LogP contribution in [0.25, 0.3) is 0 Å². The zero-order valence-corrected chi connectivity index (χ0v) is 19.6. The summed E-state index contributed by atoms with van der Waals surface area (Å²) >= 11 is 0. The van der Waals surface area contributed by atoms with E-state index < -0.39 is 34.6 Å². The molecule has 2 aliphatic heterocycles. The number of benzene rings is 1. The highest BCUT2D eigenvalue weighted by Gasteiger charge is 2.43. The Hall–Kier alpha value is -3.47. The largest absolute Gasteiger partial charge is 0.502 e. The molecule has 2 aromatic rings. The van der Waals surface area contributed by atoms with Crippen LogP contribution in [0.2, 0.25) is 0 Å². The summed E-state index contributed by atoms with van der Waals surface area (Å²) in [5.41, 5.74) is -1.57. The maximum absolute atomic E-state index is 13.9. The Morgan fingerprint density at radius 3 is 2.77 bits per heavy atom. The van der Waals surface area contributed by atoms with Crippen LogP contribution in [0.1, 0.15) is 59.5 Å². The van der Waals surface area contributed by atoms with Crippen molar-refractivity contribution < 1.29 is 28.2 Å². The van der Waals surface area contributed by atoms with Crippen molar-refractivity contribution in [3.05, 3.63) is 63.1 Å². The quantitative estimate of drug-likeness (QED) is 0.616. The summed E-state index contributed by atoms with van der Waals surface area (Å²) < 4.78 is 34.0. The van der Waals surface area contributed by atoms with Crippen LogP contribution >= 0.6 is 0 Å². The molecule has 188 valence electrons. The number of pyridine rings is 1. The lowest BCUT2D eigenvalue weighted by atomic mass is 10.0. The van der Waals surface area contributed by atoms with Crippen LogP contribution in [-0.2, 0) is 11.3 Å². The molecule has 2 amide bonds. The fraction of sp³-hybridized carbons (Fsp3) is 0.458. The molecule has 2 aliphatic rings. The first kappa shape index (κ1) is 24.6. The van der Waals surface area contributed by atoms with Crippen LogP contribution in [0.4, 0.5) is 8.78 Å². The zero-order valence-electron chi connectivity index (χ0n) is 19.6. The summed E-state index contributed by atoms with van der Waals surface area (Å²) in [6.45, 7) is 4.76. The molecule has 1 fully saturated rings. The number of halogens is 2. The van der Waals surface area contributed by atoms with Gasteiger partial charge in [0, 0.05) is 37.5 Å². The van der Waals surface area contributed by atoms with Gasteiger partial charge in [0.1, 0.15) is 23.4 Å². The lowest BCUT2D eigenvalue weighted by molar-refractivity contribution is 0.0183. The minimum Gasteiger partial charge on any atom is -0.502 e. The standard InChI is InChI=1S/C24H28F2N4O5/c1-3-35-13-14(2)30-19-6-4-5-9-28(19)29-12-17(21(31)22(32)20(29)24(30)34)23(33)27-11-15-7-8-16(25)10-18(15)26/h7-8,10,12,14,19,32H,3-6,9,11,13H2,1-2H3,(H,27,33)/t14-,19-/m1/s1. The number of piperidine rings is 1. The summed E-state index contributed by atoms with van der Waals surface area (Å²) in [6, 6.07) is 2.65. The van der Waals surface area contributed by atoms with E-state index in [9.17, 15) is 28.3 Å². The van der Waals surface area contributed by atoms with Gasteiger partial charge in [-0.2, -0.15) is 0 Å². The molecule has 0 radical (unpaired) electrons. The molecule has 1 aromatic carbocycles. The van der Waals surface area contributed by atoms with Crippen molar-refractivity contribution in [3.63, 3.8) is 0 Å². The van der Waals surface area contributed by atoms with Gasteiger partial charge in [0.25, 0.3) is 11.8 Å². The Labute approximate surface area is 200 Å². The van der Waals surface area contributed by atoms with Gasteiger partial charge >= 0.3 is 0 Å². The number of nitrogens with one attached hydrogen (secondary N) is 1. The maximum Gasteiger partial charge on any atom is 0.278 e. The number of rotatable bonds is 7. The molecular weight excluding hydrogens is 462 g/mol. The lowest BCUT2D eigenvalue weighted by Gasteiger charge is -2.50. The molecule has 9 nitrogen and oxygen atoms in total. The molecule has 1 saturated heterocycles. The van der Waals surface area contributed by atoms with Crippen LogP contribution < -0.4 is 15.8 Å². The van der Waals surface area contributed by atoms with E-state index in [1.54, 1.807) is 4.90 Å². The lowest BCUT2D eigenvalue weighted by Crippen LogP contribution is -2.65. The highest BCUT2D eigenvalue weighted by Crippen LogP contribution is 2.31. The Bertz CT molecular complexity index is 1200. The second-order valence-electron chi connectivity index (χ2n) is 8.69. The van der Waals surface area contributed by atoms with Crippen LogP contribution in [-0.4, -0.2) is 58.5 Å². The number of aromatic hydroxyl groups is 1. The predicted molar refractivity (Wildman–Crippen MR) is 123 cm³/mol. The van der Waals surface area contributed by atoms with E-state index in [0.29, 0.717) is 32.2 Å². The molecule has 0 unspecified atom stereocenters. The molecule has 0 spiro atoms. The minimum atomic E-state index is -1.01. The average molecular weight is 491 g/mol. The number of fused-ring (bicyclic) bond motifs is 3. The Morgan fingerprint density at radius 1 is 1.29 bits per heavy atom. The molecule has 0 saturated carbocycles.